The second-order valence-electron chi connectivity index (χ2n) is 6.81. The lowest BCUT2D eigenvalue weighted by Gasteiger charge is -2.36. The summed E-state index contributed by atoms with van der Waals surface area (Å²) in [5.74, 6) is -0.328. The molecule has 2 amide bonds. The minimum Gasteiger partial charge on any atom is -0.462 e. The Labute approximate surface area is 170 Å². The molecule has 0 bridgehead atoms. The van der Waals surface area contributed by atoms with Gasteiger partial charge in [0, 0.05) is 43.1 Å². The van der Waals surface area contributed by atoms with Crippen LogP contribution in [0, 0.1) is 0 Å². The Kier molecular flexibility index (Phi) is 6.49. The van der Waals surface area contributed by atoms with E-state index in [0.29, 0.717) is 49.6 Å². The van der Waals surface area contributed by atoms with Crippen molar-refractivity contribution < 1.29 is 19.1 Å². The van der Waals surface area contributed by atoms with Crippen LogP contribution in [-0.4, -0.2) is 55.5 Å². The van der Waals surface area contributed by atoms with Gasteiger partial charge >= 0.3 is 12.0 Å². The average molecular weight is 395 g/mol. The summed E-state index contributed by atoms with van der Waals surface area (Å²) in [5.41, 5.74) is 2.82. The number of piperazine rings is 1. The topological polar surface area (TPSA) is 79.0 Å². The highest BCUT2D eigenvalue weighted by Gasteiger charge is 2.21. The summed E-state index contributed by atoms with van der Waals surface area (Å²) in [5, 5.41) is 2.87. The van der Waals surface area contributed by atoms with E-state index in [1.165, 1.54) is 6.92 Å². The molecule has 7 heteroatoms. The van der Waals surface area contributed by atoms with Gasteiger partial charge in [0.25, 0.3) is 0 Å². The van der Waals surface area contributed by atoms with Gasteiger partial charge in [-0.15, -0.1) is 0 Å². The number of benzene rings is 2. The number of nitrogens with zero attached hydrogens (tertiary/aromatic N) is 2. The number of rotatable bonds is 5. The summed E-state index contributed by atoms with van der Waals surface area (Å²) >= 11 is 0. The largest absolute Gasteiger partial charge is 0.462 e. The number of ketones is 1. The molecular formula is C22H25N3O4. The van der Waals surface area contributed by atoms with Crippen LogP contribution in [0.1, 0.15) is 34.6 Å². The Balaban J connectivity index is 1.52. The van der Waals surface area contributed by atoms with Crippen LogP contribution in [0.3, 0.4) is 0 Å². The van der Waals surface area contributed by atoms with Crippen LogP contribution in [-0.2, 0) is 4.74 Å². The van der Waals surface area contributed by atoms with E-state index >= 15 is 0 Å². The maximum atomic E-state index is 12.5. The zero-order chi connectivity index (χ0) is 20.8. The van der Waals surface area contributed by atoms with E-state index in [1.807, 2.05) is 12.1 Å². The number of urea groups is 1. The fourth-order valence-corrected chi connectivity index (χ4v) is 3.18. The summed E-state index contributed by atoms with van der Waals surface area (Å²) in [6.07, 6.45) is 0. The van der Waals surface area contributed by atoms with Crippen LogP contribution in [0.15, 0.2) is 48.5 Å². The van der Waals surface area contributed by atoms with Gasteiger partial charge in [-0.25, -0.2) is 9.59 Å². The number of ether oxygens (including phenoxy) is 1. The van der Waals surface area contributed by atoms with Crippen molar-refractivity contribution in [3.05, 3.63) is 59.7 Å². The molecule has 1 heterocycles. The van der Waals surface area contributed by atoms with Gasteiger partial charge in [-0.2, -0.15) is 0 Å². The van der Waals surface area contributed by atoms with Crippen molar-refractivity contribution in [3.8, 4) is 0 Å². The lowest BCUT2D eigenvalue weighted by molar-refractivity contribution is 0.0526. The third-order valence-electron chi connectivity index (χ3n) is 4.85. The van der Waals surface area contributed by atoms with E-state index in [-0.39, 0.29) is 17.8 Å². The number of amides is 2. The van der Waals surface area contributed by atoms with E-state index < -0.39 is 0 Å². The molecule has 0 aliphatic carbocycles. The summed E-state index contributed by atoms with van der Waals surface area (Å²) in [7, 11) is 0. The number of Topliss-reactive ketones (excluding diaryl/α,β-unsaturated/α-hetero) is 1. The number of anilines is 2. The molecule has 3 rings (SSSR count). The molecule has 29 heavy (non-hydrogen) atoms. The third-order valence-corrected chi connectivity index (χ3v) is 4.85. The van der Waals surface area contributed by atoms with Crippen LogP contribution in [0.5, 0.6) is 0 Å². The summed E-state index contributed by atoms with van der Waals surface area (Å²) < 4.78 is 5.00. The second kappa shape index (κ2) is 9.23. The molecule has 7 nitrogen and oxygen atoms in total. The van der Waals surface area contributed by atoms with Crippen molar-refractivity contribution in [2.45, 2.75) is 13.8 Å². The highest BCUT2D eigenvalue weighted by atomic mass is 16.5. The fraction of sp³-hybridized carbons (Fsp3) is 0.318. The fourth-order valence-electron chi connectivity index (χ4n) is 3.18. The van der Waals surface area contributed by atoms with Crippen LogP contribution in [0.2, 0.25) is 0 Å². The molecule has 0 spiro atoms. The van der Waals surface area contributed by atoms with Crippen molar-refractivity contribution in [1.29, 1.82) is 0 Å². The predicted molar refractivity (Wildman–Crippen MR) is 112 cm³/mol. The van der Waals surface area contributed by atoms with Crippen LogP contribution < -0.4 is 10.2 Å². The molecule has 1 fully saturated rings. The lowest BCUT2D eigenvalue weighted by Crippen LogP contribution is -2.50. The van der Waals surface area contributed by atoms with Crippen LogP contribution in [0.4, 0.5) is 16.2 Å². The first kappa shape index (κ1) is 20.4. The number of hydrogen-bond donors (Lipinski definition) is 1. The Morgan fingerprint density at radius 2 is 1.48 bits per heavy atom. The van der Waals surface area contributed by atoms with Gasteiger partial charge in [-0.3, -0.25) is 4.79 Å². The molecule has 0 saturated carbocycles. The van der Waals surface area contributed by atoms with E-state index in [0.717, 1.165) is 5.69 Å². The molecular weight excluding hydrogens is 370 g/mol. The molecule has 2 aromatic carbocycles. The number of esters is 1. The zero-order valence-corrected chi connectivity index (χ0v) is 16.7. The Morgan fingerprint density at radius 1 is 0.897 bits per heavy atom. The van der Waals surface area contributed by atoms with Crippen molar-refractivity contribution in [1.82, 2.24) is 4.90 Å². The smallest absolute Gasteiger partial charge is 0.338 e. The molecule has 152 valence electrons. The van der Waals surface area contributed by atoms with Gasteiger partial charge in [0.05, 0.1) is 12.2 Å². The molecule has 0 radical (unpaired) electrons. The number of hydrogen-bond acceptors (Lipinski definition) is 5. The zero-order valence-electron chi connectivity index (χ0n) is 16.7. The van der Waals surface area contributed by atoms with Gasteiger partial charge in [0.1, 0.15) is 0 Å². The molecule has 1 aliphatic rings. The van der Waals surface area contributed by atoms with E-state index in [1.54, 1.807) is 48.2 Å². The molecule has 0 atom stereocenters. The van der Waals surface area contributed by atoms with Gasteiger partial charge in [0.2, 0.25) is 0 Å². The predicted octanol–water partition coefficient (Wildman–Crippen LogP) is 3.42. The molecule has 1 saturated heterocycles. The standard InChI is InChI=1S/C22H25N3O4/c1-3-29-21(27)18-6-10-20(11-7-18)24-12-14-25(15-13-24)22(28)23-19-8-4-17(5-9-19)16(2)26/h4-11H,3,12-15H2,1-2H3,(H,23,28). The monoisotopic (exact) mass is 395 g/mol. The number of carbonyl (C=O) groups excluding carboxylic acids is 3. The Bertz CT molecular complexity index is 870. The van der Waals surface area contributed by atoms with E-state index in [2.05, 4.69) is 10.2 Å². The molecule has 0 aromatic heterocycles. The summed E-state index contributed by atoms with van der Waals surface area (Å²) in [4.78, 5) is 39.5. The SMILES string of the molecule is CCOC(=O)c1ccc(N2CCN(C(=O)Nc3ccc(C(C)=O)cc3)CC2)cc1. The van der Waals surface area contributed by atoms with E-state index in [9.17, 15) is 14.4 Å². The van der Waals surface area contributed by atoms with E-state index in [4.69, 9.17) is 4.74 Å². The quantitative estimate of drug-likeness (QED) is 0.620. The number of nitrogens with one attached hydrogen (secondary N) is 1. The summed E-state index contributed by atoms with van der Waals surface area (Å²) in [6, 6.07) is 14.0. The lowest BCUT2D eigenvalue weighted by atomic mass is 10.1. The minimum absolute atomic E-state index is 0.00529. The molecule has 1 N–H and O–H groups in total. The normalized spacial score (nSPS) is 13.7. The first-order valence-electron chi connectivity index (χ1n) is 9.67. The number of carbonyl (C=O) groups is 3. The van der Waals surface area contributed by atoms with Crippen molar-refractivity contribution in [2.24, 2.45) is 0 Å². The van der Waals surface area contributed by atoms with Gasteiger partial charge in [0.15, 0.2) is 5.78 Å². The summed E-state index contributed by atoms with van der Waals surface area (Å²) in [6.45, 7) is 6.24. The third kappa shape index (κ3) is 5.13. The minimum atomic E-state index is -0.322. The average Bonchev–Trinajstić information content (AvgIpc) is 2.74. The van der Waals surface area contributed by atoms with Gasteiger partial charge in [-0.05, 0) is 62.4 Å². The first-order chi connectivity index (χ1) is 14.0. The van der Waals surface area contributed by atoms with Crippen LogP contribution in [0.25, 0.3) is 0 Å². The molecule has 0 unspecified atom stereocenters. The van der Waals surface area contributed by atoms with Gasteiger partial charge < -0.3 is 19.9 Å². The molecule has 1 aliphatic heterocycles. The highest BCUT2D eigenvalue weighted by molar-refractivity contribution is 5.95. The van der Waals surface area contributed by atoms with Crippen molar-refractivity contribution >= 4 is 29.2 Å². The van der Waals surface area contributed by atoms with Crippen LogP contribution >= 0.6 is 0 Å². The Hall–Kier alpha value is -3.35. The highest BCUT2D eigenvalue weighted by Crippen LogP contribution is 2.19. The van der Waals surface area contributed by atoms with Gasteiger partial charge in [-0.1, -0.05) is 0 Å². The van der Waals surface area contributed by atoms with Crippen molar-refractivity contribution in [3.63, 3.8) is 0 Å². The molecule has 2 aromatic rings. The Morgan fingerprint density at radius 3 is 2.03 bits per heavy atom. The second-order valence-corrected chi connectivity index (χ2v) is 6.81. The maximum Gasteiger partial charge on any atom is 0.338 e. The first-order valence-corrected chi connectivity index (χ1v) is 9.67. The van der Waals surface area contributed by atoms with Crippen molar-refractivity contribution in [2.75, 3.05) is 43.0 Å². The maximum absolute atomic E-state index is 12.5.